The van der Waals surface area contributed by atoms with Crippen LogP contribution in [0.25, 0.3) is 0 Å². The highest BCUT2D eigenvalue weighted by molar-refractivity contribution is 8.03. The molecule has 0 amide bonds. The summed E-state index contributed by atoms with van der Waals surface area (Å²) < 4.78 is 29.2. The molecule has 43 heavy (non-hydrogen) atoms. The Balaban J connectivity index is 1.42. The molecule has 1 atom stereocenters. The van der Waals surface area contributed by atoms with Crippen molar-refractivity contribution in [3.63, 3.8) is 0 Å². The van der Waals surface area contributed by atoms with Crippen LogP contribution in [0.1, 0.15) is 68.9 Å². The van der Waals surface area contributed by atoms with Crippen molar-refractivity contribution < 1.29 is 32.3 Å². The van der Waals surface area contributed by atoms with Crippen molar-refractivity contribution in [3.8, 4) is 0 Å². The van der Waals surface area contributed by atoms with Crippen molar-refractivity contribution in [3.05, 3.63) is 71.8 Å². The van der Waals surface area contributed by atoms with Crippen LogP contribution in [-0.4, -0.2) is 64.6 Å². The van der Waals surface area contributed by atoms with Crippen LogP contribution in [0.2, 0.25) is 6.04 Å². The lowest BCUT2D eigenvalue weighted by atomic mass is 9.91. The zero-order valence-electron chi connectivity index (χ0n) is 25.7. The standard InChI is InChI=1S/C33H46O7S2Si/c1-36-43(37-2,38-3)25-24-41-22-23-42-29(31(35)40-33(20-12-13-21-33)28-16-8-5-9-17-28)26-30(34)39-32(18-10-11-19-32)27-14-6-4-7-15-27/h4-9,14-17,29H,10-13,18-26H2,1-3H3. The number of rotatable bonds is 17. The first-order valence-corrected chi connectivity index (χ1v) is 19.4. The predicted octanol–water partition coefficient (Wildman–Crippen LogP) is 7.12. The van der Waals surface area contributed by atoms with Gasteiger partial charge in [-0.1, -0.05) is 60.7 Å². The maximum Gasteiger partial charge on any atom is 0.500 e. The topological polar surface area (TPSA) is 80.3 Å². The monoisotopic (exact) mass is 646 g/mol. The first-order valence-electron chi connectivity index (χ1n) is 15.3. The fraction of sp³-hybridized carbons (Fsp3) is 0.576. The molecule has 0 aliphatic heterocycles. The van der Waals surface area contributed by atoms with E-state index in [0.29, 0.717) is 11.8 Å². The van der Waals surface area contributed by atoms with Crippen molar-refractivity contribution in [2.45, 2.75) is 80.3 Å². The first kappa shape index (κ1) is 34.1. The van der Waals surface area contributed by atoms with E-state index in [-0.39, 0.29) is 18.4 Å². The average molecular weight is 647 g/mol. The van der Waals surface area contributed by atoms with Crippen molar-refractivity contribution in [2.24, 2.45) is 0 Å². The molecule has 2 aliphatic rings. The lowest BCUT2D eigenvalue weighted by molar-refractivity contribution is -0.167. The summed E-state index contributed by atoms with van der Waals surface area (Å²) in [7, 11) is 2.24. The van der Waals surface area contributed by atoms with E-state index in [9.17, 15) is 9.59 Å². The Morgan fingerprint density at radius 2 is 1.21 bits per heavy atom. The zero-order chi connectivity index (χ0) is 30.6. The quantitative estimate of drug-likeness (QED) is 0.101. The molecule has 10 heteroatoms. The second-order valence-corrected chi connectivity index (χ2v) is 16.9. The van der Waals surface area contributed by atoms with Crippen molar-refractivity contribution >= 4 is 44.3 Å². The van der Waals surface area contributed by atoms with Gasteiger partial charge in [0.15, 0.2) is 0 Å². The number of benzene rings is 2. The number of ether oxygens (including phenoxy) is 2. The molecular formula is C33H46O7S2Si. The minimum Gasteiger partial charge on any atom is -0.454 e. The van der Waals surface area contributed by atoms with Gasteiger partial charge in [0.1, 0.15) is 16.5 Å². The molecule has 7 nitrogen and oxygen atoms in total. The van der Waals surface area contributed by atoms with E-state index >= 15 is 0 Å². The van der Waals surface area contributed by atoms with Gasteiger partial charge in [0, 0.05) is 38.9 Å². The van der Waals surface area contributed by atoms with E-state index in [4.69, 9.17) is 22.8 Å². The number of hydrogen-bond donors (Lipinski definition) is 0. The van der Waals surface area contributed by atoms with Crippen molar-refractivity contribution in [1.29, 1.82) is 0 Å². The van der Waals surface area contributed by atoms with E-state index < -0.39 is 25.3 Å². The van der Waals surface area contributed by atoms with E-state index in [1.807, 2.05) is 60.7 Å². The van der Waals surface area contributed by atoms with Crippen LogP contribution in [-0.2, 0) is 43.5 Å². The molecule has 2 aromatic carbocycles. The summed E-state index contributed by atoms with van der Waals surface area (Å²) in [6, 6.07) is 20.8. The van der Waals surface area contributed by atoms with Gasteiger partial charge in [-0.05, 0) is 68.2 Å². The Morgan fingerprint density at radius 1 is 0.721 bits per heavy atom. The number of thioether (sulfide) groups is 2. The van der Waals surface area contributed by atoms with Gasteiger partial charge in [-0.2, -0.15) is 11.8 Å². The summed E-state index contributed by atoms with van der Waals surface area (Å²) in [6.45, 7) is 0. The molecule has 2 aliphatic carbocycles. The van der Waals surface area contributed by atoms with E-state index in [0.717, 1.165) is 74.0 Å². The molecule has 2 fully saturated rings. The average Bonchev–Trinajstić information content (AvgIpc) is 3.72. The molecule has 0 aromatic heterocycles. The summed E-state index contributed by atoms with van der Waals surface area (Å²) in [5.74, 6) is 1.65. The molecule has 0 spiro atoms. The van der Waals surface area contributed by atoms with Gasteiger partial charge >= 0.3 is 20.7 Å². The first-order chi connectivity index (χ1) is 20.9. The SMILES string of the molecule is CO[Si](CCSCCSC(CC(=O)OC1(c2ccccc2)CCCC1)C(=O)OC1(c2ccccc2)CCCC1)(OC)OC. The van der Waals surface area contributed by atoms with Crippen LogP contribution in [0.3, 0.4) is 0 Å². The maximum atomic E-state index is 13.9. The highest BCUT2D eigenvalue weighted by Gasteiger charge is 2.43. The zero-order valence-corrected chi connectivity index (χ0v) is 28.4. The molecule has 2 aromatic rings. The minimum atomic E-state index is -2.62. The fourth-order valence-electron chi connectivity index (χ4n) is 6.26. The van der Waals surface area contributed by atoms with Crippen LogP contribution in [0.5, 0.6) is 0 Å². The smallest absolute Gasteiger partial charge is 0.454 e. The number of carbonyl (C=O) groups is 2. The number of hydrogen-bond acceptors (Lipinski definition) is 9. The van der Waals surface area contributed by atoms with E-state index in [1.54, 1.807) is 33.1 Å². The van der Waals surface area contributed by atoms with Gasteiger partial charge < -0.3 is 22.8 Å². The molecule has 2 saturated carbocycles. The molecule has 0 saturated heterocycles. The van der Waals surface area contributed by atoms with Gasteiger partial charge in [0.2, 0.25) is 0 Å². The van der Waals surface area contributed by atoms with Gasteiger partial charge in [-0.3, -0.25) is 9.59 Å². The highest BCUT2D eigenvalue weighted by atomic mass is 32.2. The summed E-state index contributed by atoms with van der Waals surface area (Å²) in [5, 5.41) is -0.645. The third kappa shape index (κ3) is 8.89. The summed E-state index contributed by atoms with van der Waals surface area (Å²) in [5.41, 5.74) is 0.797. The van der Waals surface area contributed by atoms with Crippen LogP contribution >= 0.6 is 23.5 Å². The minimum absolute atomic E-state index is 0.0132. The van der Waals surface area contributed by atoms with Crippen LogP contribution in [0.15, 0.2) is 60.7 Å². The summed E-state index contributed by atoms with van der Waals surface area (Å²) in [6.07, 6.45) is 7.21. The third-order valence-corrected chi connectivity index (χ3v) is 14.2. The lowest BCUT2D eigenvalue weighted by Crippen LogP contribution is -2.43. The van der Waals surface area contributed by atoms with Gasteiger partial charge in [-0.15, -0.1) is 11.8 Å². The Labute approximate surface area is 266 Å². The largest absolute Gasteiger partial charge is 0.500 e. The molecule has 4 rings (SSSR count). The van der Waals surface area contributed by atoms with Gasteiger partial charge in [0.05, 0.1) is 6.42 Å². The molecule has 1 unspecified atom stereocenters. The second kappa shape index (κ2) is 16.5. The summed E-state index contributed by atoms with van der Waals surface area (Å²) in [4.78, 5) is 27.4. The van der Waals surface area contributed by atoms with Crippen LogP contribution in [0, 0.1) is 0 Å². The molecular weight excluding hydrogens is 601 g/mol. The van der Waals surface area contributed by atoms with Crippen LogP contribution < -0.4 is 0 Å². The molecule has 0 heterocycles. The Morgan fingerprint density at radius 3 is 1.70 bits per heavy atom. The summed E-state index contributed by atoms with van der Waals surface area (Å²) >= 11 is 3.24. The van der Waals surface area contributed by atoms with Gasteiger partial charge in [0.25, 0.3) is 0 Å². The molecule has 0 bridgehead atoms. The third-order valence-electron chi connectivity index (χ3n) is 8.67. The number of carbonyl (C=O) groups excluding carboxylic acids is 2. The van der Waals surface area contributed by atoms with Gasteiger partial charge in [-0.25, -0.2) is 0 Å². The van der Waals surface area contributed by atoms with E-state index in [1.165, 1.54) is 11.8 Å². The Bertz CT molecular complexity index is 1130. The maximum absolute atomic E-state index is 13.9. The predicted molar refractivity (Wildman–Crippen MR) is 175 cm³/mol. The Kier molecular flexibility index (Phi) is 13.0. The Hall–Kier alpha value is -1.82. The second-order valence-electron chi connectivity index (χ2n) is 11.3. The van der Waals surface area contributed by atoms with Crippen LogP contribution in [0.4, 0.5) is 0 Å². The molecule has 0 radical (unpaired) electrons. The lowest BCUT2D eigenvalue weighted by Gasteiger charge is -2.32. The van der Waals surface area contributed by atoms with Crippen molar-refractivity contribution in [1.82, 2.24) is 0 Å². The van der Waals surface area contributed by atoms with E-state index in [2.05, 4.69) is 0 Å². The highest BCUT2D eigenvalue weighted by Crippen LogP contribution is 2.44. The molecule has 0 N–H and O–H groups in total. The molecule has 236 valence electrons. The number of esters is 2. The van der Waals surface area contributed by atoms with Crippen molar-refractivity contribution in [2.75, 3.05) is 38.6 Å². The fourth-order valence-corrected chi connectivity index (χ4v) is 10.7. The normalized spacial score (nSPS) is 18.3.